The van der Waals surface area contributed by atoms with Crippen molar-refractivity contribution in [1.82, 2.24) is 9.38 Å². The van der Waals surface area contributed by atoms with Gasteiger partial charge in [-0.2, -0.15) is 0 Å². The zero-order chi connectivity index (χ0) is 19.7. The first-order valence-electron chi connectivity index (χ1n) is 8.61. The average Bonchev–Trinajstić information content (AvgIpc) is 3.35. The van der Waals surface area contributed by atoms with Crippen LogP contribution in [-0.4, -0.2) is 27.7 Å². The zero-order valence-electron chi connectivity index (χ0n) is 14.9. The summed E-state index contributed by atoms with van der Waals surface area (Å²) < 4.78 is 6.81. The topological polar surface area (TPSA) is 60.7 Å². The van der Waals surface area contributed by atoms with Crippen LogP contribution in [0.1, 0.15) is 32.6 Å². The summed E-state index contributed by atoms with van der Waals surface area (Å²) in [5, 5.41) is 2.43. The van der Waals surface area contributed by atoms with Crippen LogP contribution in [0.3, 0.4) is 0 Å². The number of aromatic nitrogens is 2. The molecule has 0 N–H and O–H groups in total. The summed E-state index contributed by atoms with van der Waals surface area (Å²) in [5.74, 6) is -0.647. The molecule has 140 valence electrons. The Kier molecular flexibility index (Phi) is 4.98. The lowest BCUT2D eigenvalue weighted by Gasteiger charge is -2.06. The van der Waals surface area contributed by atoms with Gasteiger partial charge in [-0.3, -0.25) is 9.20 Å². The number of ketones is 1. The van der Waals surface area contributed by atoms with Crippen LogP contribution in [0.5, 0.6) is 0 Å². The van der Waals surface area contributed by atoms with Crippen molar-refractivity contribution >= 4 is 40.2 Å². The largest absolute Gasteiger partial charge is 0.462 e. The van der Waals surface area contributed by atoms with E-state index in [0.29, 0.717) is 32.4 Å². The van der Waals surface area contributed by atoms with Crippen molar-refractivity contribution in [1.29, 1.82) is 0 Å². The first-order valence-corrected chi connectivity index (χ1v) is 9.86. The molecule has 1 aromatic carbocycles. The fourth-order valence-corrected chi connectivity index (χ4v) is 3.85. The number of rotatable bonds is 5. The lowest BCUT2D eigenvalue weighted by atomic mass is 10.1. The monoisotopic (exact) mass is 410 g/mol. The van der Waals surface area contributed by atoms with E-state index in [2.05, 4.69) is 4.98 Å². The van der Waals surface area contributed by atoms with Crippen LogP contribution in [0.2, 0.25) is 5.02 Å². The average molecular weight is 411 g/mol. The Balaban J connectivity index is 1.90. The molecule has 4 aromatic rings. The van der Waals surface area contributed by atoms with E-state index in [1.54, 1.807) is 48.0 Å². The van der Waals surface area contributed by atoms with Crippen LogP contribution >= 0.6 is 22.9 Å². The minimum atomic E-state index is -0.478. The van der Waals surface area contributed by atoms with Gasteiger partial charge in [-0.15, -0.1) is 11.3 Å². The third-order valence-corrected chi connectivity index (χ3v) is 5.36. The molecule has 0 spiro atoms. The number of halogens is 1. The first-order chi connectivity index (χ1) is 13.6. The molecular formula is C21H15ClN2O3S. The molecule has 0 unspecified atom stereocenters. The maximum absolute atomic E-state index is 12.9. The van der Waals surface area contributed by atoms with Crippen molar-refractivity contribution < 1.29 is 14.3 Å². The van der Waals surface area contributed by atoms with Gasteiger partial charge in [-0.1, -0.05) is 29.8 Å². The number of benzene rings is 1. The van der Waals surface area contributed by atoms with Crippen molar-refractivity contribution in [2.24, 2.45) is 0 Å². The van der Waals surface area contributed by atoms with E-state index in [4.69, 9.17) is 16.3 Å². The van der Waals surface area contributed by atoms with Crippen LogP contribution in [0.25, 0.3) is 16.8 Å². The quantitative estimate of drug-likeness (QED) is 0.338. The molecule has 0 aliphatic carbocycles. The molecule has 0 saturated carbocycles. The number of esters is 1. The van der Waals surface area contributed by atoms with Crippen molar-refractivity contribution in [3.63, 3.8) is 0 Å². The molecule has 0 radical (unpaired) electrons. The standard InChI is InChI=1S/C21H15ClN2O3S/c1-2-27-21(26)15-10-18(20(25)19-7-4-8-28-19)24-12-23-16(11-17(15)24)13-5-3-6-14(22)9-13/h3-12H,2H2,1H3. The maximum Gasteiger partial charge on any atom is 0.340 e. The number of hydrogen-bond acceptors (Lipinski definition) is 5. The Hall–Kier alpha value is -2.96. The number of thiophene rings is 1. The Morgan fingerprint density at radius 3 is 2.75 bits per heavy atom. The number of ether oxygens (including phenoxy) is 1. The normalized spacial score (nSPS) is 10.9. The van der Waals surface area contributed by atoms with Gasteiger partial charge >= 0.3 is 5.97 Å². The SMILES string of the molecule is CCOC(=O)c1cc(C(=O)c2cccs2)n2cnc(-c3cccc(Cl)c3)cc12. The van der Waals surface area contributed by atoms with Crippen LogP contribution in [0.15, 0.2) is 60.2 Å². The Labute approximate surface area is 170 Å². The molecule has 0 fully saturated rings. The van der Waals surface area contributed by atoms with Gasteiger partial charge in [-0.25, -0.2) is 9.78 Å². The minimum Gasteiger partial charge on any atom is -0.462 e. The Bertz CT molecular complexity index is 1180. The summed E-state index contributed by atoms with van der Waals surface area (Å²) in [4.78, 5) is 30.5. The molecule has 7 heteroatoms. The molecule has 3 aromatic heterocycles. The van der Waals surface area contributed by atoms with Crippen molar-refractivity contribution in [3.8, 4) is 11.3 Å². The molecule has 0 aliphatic heterocycles. The van der Waals surface area contributed by atoms with Crippen molar-refractivity contribution in [2.45, 2.75) is 6.92 Å². The molecule has 28 heavy (non-hydrogen) atoms. The fraction of sp³-hybridized carbons (Fsp3) is 0.0952. The number of nitrogens with zero attached hydrogens (tertiary/aromatic N) is 2. The smallest absolute Gasteiger partial charge is 0.340 e. The highest BCUT2D eigenvalue weighted by Crippen LogP contribution is 2.27. The molecule has 0 amide bonds. The second kappa shape index (κ2) is 7.58. The Morgan fingerprint density at radius 1 is 1.18 bits per heavy atom. The second-order valence-electron chi connectivity index (χ2n) is 6.01. The lowest BCUT2D eigenvalue weighted by molar-refractivity contribution is 0.0529. The third-order valence-electron chi connectivity index (χ3n) is 4.26. The van der Waals surface area contributed by atoms with Crippen molar-refractivity contribution in [2.75, 3.05) is 6.61 Å². The molecule has 0 aliphatic rings. The molecule has 3 heterocycles. The highest BCUT2D eigenvalue weighted by molar-refractivity contribution is 7.12. The summed E-state index contributed by atoms with van der Waals surface area (Å²) in [6.07, 6.45) is 1.55. The van der Waals surface area contributed by atoms with Gasteiger partial charge in [0.25, 0.3) is 0 Å². The third kappa shape index (κ3) is 3.32. The lowest BCUT2D eigenvalue weighted by Crippen LogP contribution is -2.04. The second-order valence-corrected chi connectivity index (χ2v) is 7.39. The van der Waals surface area contributed by atoms with E-state index in [9.17, 15) is 9.59 Å². The minimum absolute atomic E-state index is 0.169. The highest BCUT2D eigenvalue weighted by Gasteiger charge is 2.22. The van der Waals surface area contributed by atoms with Gasteiger partial charge in [0.15, 0.2) is 0 Å². The predicted molar refractivity (Wildman–Crippen MR) is 109 cm³/mol. The number of fused-ring (bicyclic) bond motifs is 1. The van der Waals surface area contributed by atoms with Gasteiger partial charge in [0, 0.05) is 10.6 Å². The van der Waals surface area contributed by atoms with E-state index in [1.807, 2.05) is 23.6 Å². The van der Waals surface area contributed by atoms with E-state index in [0.717, 1.165) is 5.56 Å². The molecule has 0 atom stereocenters. The Morgan fingerprint density at radius 2 is 2.04 bits per heavy atom. The van der Waals surface area contributed by atoms with Gasteiger partial charge in [0.1, 0.15) is 6.33 Å². The summed E-state index contributed by atoms with van der Waals surface area (Å²) in [6, 6.07) is 14.2. The van der Waals surface area contributed by atoms with Crippen LogP contribution in [0, 0.1) is 0 Å². The summed E-state index contributed by atoms with van der Waals surface area (Å²) in [5.41, 5.74) is 2.72. The maximum atomic E-state index is 12.9. The molecule has 5 nitrogen and oxygen atoms in total. The van der Waals surface area contributed by atoms with Crippen LogP contribution in [0.4, 0.5) is 0 Å². The van der Waals surface area contributed by atoms with Crippen LogP contribution in [-0.2, 0) is 4.74 Å². The first kappa shape index (κ1) is 18.4. The predicted octanol–water partition coefficient (Wildman–Crippen LogP) is 5.12. The molecule has 4 rings (SSSR count). The number of hydrogen-bond donors (Lipinski definition) is 0. The van der Waals surface area contributed by atoms with E-state index in [1.165, 1.54) is 11.3 Å². The van der Waals surface area contributed by atoms with E-state index >= 15 is 0 Å². The number of carbonyl (C=O) groups excluding carboxylic acids is 2. The summed E-state index contributed by atoms with van der Waals surface area (Å²) >= 11 is 7.44. The highest BCUT2D eigenvalue weighted by atomic mass is 35.5. The summed E-state index contributed by atoms with van der Waals surface area (Å²) in [6.45, 7) is 1.99. The number of carbonyl (C=O) groups is 2. The van der Waals surface area contributed by atoms with Gasteiger partial charge in [-0.05, 0) is 42.6 Å². The van der Waals surface area contributed by atoms with Gasteiger partial charge < -0.3 is 4.74 Å². The van der Waals surface area contributed by atoms with Gasteiger partial charge in [0.05, 0.1) is 34.0 Å². The molecule has 0 saturated heterocycles. The van der Waals surface area contributed by atoms with Crippen molar-refractivity contribution in [3.05, 3.63) is 81.4 Å². The zero-order valence-corrected chi connectivity index (χ0v) is 16.5. The fourth-order valence-electron chi connectivity index (χ4n) is 2.99. The van der Waals surface area contributed by atoms with Gasteiger partial charge in [0.2, 0.25) is 5.78 Å². The van der Waals surface area contributed by atoms with E-state index in [-0.39, 0.29) is 12.4 Å². The van der Waals surface area contributed by atoms with E-state index < -0.39 is 5.97 Å². The molecular weight excluding hydrogens is 396 g/mol. The summed E-state index contributed by atoms with van der Waals surface area (Å²) in [7, 11) is 0. The van der Waals surface area contributed by atoms with Crippen LogP contribution < -0.4 is 0 Å². The molecule has 0 bridgehead atoms.